The lowest BCUT2D eigenvalue weighted by Gasteiger charge is -2.27. The standard InChI is InChI=1S/C14H21NO3/c1-3-4-5-6-9-12(16)15-11-8-7-10-14(11,2)13(17)18/h1,11H,4-10H2,2H3,(H,15,16)(H,17,18). The second kappa shape index (κ2) is 6.44. The molecule has 0 aromatic heterocycles. The van der Waals surface area contributed by atoms with Crippen LogP contribution < -0.4 is 5.32 Å². The second-order valence-corrected chi connectivity index (χ2v) is 5.15. The average molecular weight is 251 g/mol. The number of nitrogens with one attached hydrogen (secondary N) is 1. The summed E-state index contributed by atoms with van der Waals surface area (Å²) in [5.74, 6) is 1.65. The van der Waals surface area contributed by atoms with Gasteiger partial charge in [-0.05, 0) is 32.6 Å². The van der Waals surface area contributed by atoms with Crippen molar-refractivity contribution in [2.75, 3.05) is 0 Å². The lowest BCUT2D eigenvalue weighted by atomic mass is 9.85. The molecule has 1 rings (SSSR count). The van der Waals surface area contributed by atoms with Gasteiger partial charge in [0, 0.05) is 18.9 Å². The summed E-state index contributed by atoms with van der Waals surface area (Å²) in [7, 11) is 0. The van der Waals surface area contributed by atoms with Crippen molar-refractivity contribution in [1.29, 1.82) is 0 Å². The van der Waals surface area contributed by atoms with E-state index in [0.717, 1.165) is 25.7 Å². The molecule has 0 saturated heterocycles. The van der Waals surface area contributed by atoms with Crippen LogP contribution in [0, 0.1) is 17.8 Å². The normalized spacial score (nSPS) is 26.6. The van der Waals surface area contributed by atoms with Crippen molar-refractivity contribution in [3.8, 4) is 12.3 Å². The molecule has 0 heterocycles. The van der Waals surface area contributed by atoms with Crippen LogP contribution in [0.2, 0.25) is 0 Å². The summed E-state index contributed by atoms with van der Waals surface area (Å²) in [6, 6.07) is -0.241. The molecule has 1 amide bonds. The molecule has 1 saturated carbocycles. The quantitative estimate of drug-likeness (QED) is 0.560. The Balaban J connectivity index is 2.40. The van der Waals surface area contributed by atoms with Gasteiger partial charge in [0.25, 0.3) is 0 Å². The molecule has 0 aliphatic heterocycles. The van der Waals surface area contributed by atoms with E-state index in [1.54, 1.807) is 6.92 Å². The minimum absolute atomic E-state index is 0.0635. The van der Waals surface area contributed by atoms with Crippen molar-refractivity contribution in [2.24, 2.45) is 5.41 Å². The van der Waals surface area contributed by atoms with Gasteiger partial charge in [0.15, 0.2) is 0 Å². The smallest absolute Gasteiger partial charge is 0.311 e. The number of carbonyl (C=O) groups is 2. The Morgan fingerprint density at radius 2 is 2.22 bits per heavy atom. The highest BCUT2D eigenvalue weighted by atomic mass is 16.4. The van der Waals surface area contributed by atoms with Gasteiger partial charge in [0.2, 0.25) is 5.91 Å². The fourth-order valence-electron chi connectivity index (χ4n) is 2.43. The van der Waals surface area contributed by atoms with Gasteiger partial charge in [-0.1, -0.05) is 6.42 Å². The number of hydrogen-bond donors (Lipinski definition) is 2. The number of amides is 1. The van der Waals surface area contributed by atoms with Gasteiger partial charge >= 0.3 is 5.97 Å². The minimum Gasteiger partial charge on any atom is -0.481 e. The number of carboxylic acids is 1. The molecular weight excluding hydrogens is 230 g/mol. The maximum absolute atomic E-state index is 11.7. The molecular formula is C14H21NO3. The number of rotatable bonds is 6. The highest BCUT2D eigenvalue weighted by molar-refractivity contribution is 5.80. The molecule has 18 heavy (non-hydrogen) atoms. The third-order valence-electron chi connectivity index (χ3n) is 3.76. The molecule has 100 valence electrons. The molecule has 4 nitrogen and oxygen atoms in total. The van der Waals surface area contributed by atoms with Crippen molar-refractivity contribution in [2.45, 2.75) is 57.9 Å². The fraction of sp³-hybridized carbons (Fsp3) is 0.714. The zero-order valence-corrected chi connectivity index (χ0v) is 10.9. The molecule has 1 aliphatic carbocycles. The van der Waals surface area contributed by atoms with E-state index in [1.807, 2.05) is 0 Å². The van der Waals surface area contributed by atoms with E-state index in [0.29, 0.717) is 19.3 Å². The number of hydrogen-bond acceptors (Lipinski definition) is 2. The molecule has 2 atom stereocenters. The predicted molar refractivity (Wildman–Crippen MR) is 68.8 cm³/mol. The van der Waals surface area contributed by atoms with Crippen LogP contribution in [0.4, 0.5) is 0 Å². The summed E-state index contributed by atoms with van der Waals surface area (Å²) in [5, 5.41) is 12.1. The van der Waals surface area contributed by atoms with Gasteiger partial charge < -0.3 is 10.4 Å². The van der Waals surface area contributed by atoms with Crippen LogP contribution in [-0.2, 0) is 9.59 Å². The summed E-state index contributed by atoms with van der Waals surface area (Å²) in [6.45, 7) is 1.71. The van der Waals surface area contributed by atoms with Crippen LogP contribution in [0.15, 0.2) is 0 Å². The van der Waals surface area contributed by atoms with E-state index in [2.05, 4.69) is 11.2 Å². The van der Waals surface area contributed by atoms with Gasteiger partial charge in [0.05, 0.1) is 5.41 Å². The van der Waals surface area contributed by atoms with Crippen molar-refractivity contribution in [3.05, 3.63) is 0 Å². The van der Waals surface area contributed by atoms with Gasteiger partial charge in [-0.2, -0.15) is 0 Å². The first kappa shape index (κ1) is 14.6. The first-order valence-corrected chi connectivity index (χ1v) is 6.47. The molecule has 1 fully saturated rings. The summed E-state index contributed by atoms with van der Waals surface area (Å²) < 4.78 is 0. The molecule has 0 aromatic carbocycles. The molecule has 2 N–H and O–H groups in total. The Kier molecular flexibility index (Phi) is 5.21. The van der Waals surface area contributed by atoms with E-state index >= 15 is 0 Å². The zero-order valence-electron chi connectivity index (χ0n) is 10.9. The van der Waals surface area contributed by atoms with Crippen molar-refractivity contribution < 1.29 is 14.7 Å². The van der Waals surface area contributed by atoms with Crippen LogP contribution in [0.3, 0.4) is 0 Å². The van der Waals surface area contributed by atoms with Crippen molar-refractivity contribution >= 4 is 11.9 Å². The third kappa shape index (κ3) is 3.49. The molecule has 0 aromatic rings. The minimum atomic E-state index is -0.822. The first-order chi connectivity index (χ1) is 8.50. The number of unbranched alkanes of at least 4 members (excludes halogenated alkanes) is 2. The van der Waals surface area contributed by atoms with Crippen molar-refractivity contribution in [3.63, 3.8) is 0 Å². The van der Waals surface area contributed by atoms with Gasteiger partial charge in [0.1, 0.15) is 0 Å². The van der Waals surface area contributed by atoms with Crippen LogP contribution >= 0.6 is 0 Å². The van der Waals surface area contributed by atoms with Crippen LogP contribution in [0.25, 0.3) is 0 Å². The highest BCUT2D eigenvalue weighted by Crippen LogP contribution is 2.38. The summed E-state index contributed by atoms with van der Waals surface area (Å²) in [4.78, 5) is 23.0. The average Bonchev–Trinajstić information content (AvgIpc) is 2.68. The van der Waals surface area contributed by atoms with E-state index in [-0.39, 0.29) is 11.9 Å². The monoisotopic (exact) mass is 251 g/mol. The first-order valence-electron chi connectivity index (χ1n) is 6.47. The van der Waals surface area contributed by atoms with Gasteiger partial charge in [-0.25, -0.2) is 0 Å². The Bertz CT molecular complexity index is 359. The molecule has 2 unspecified atom stereocenters. The lowest BCUT2D eigenvalue weighted by molar-refractivity contribution is -0.149. The van der Waals surface area contributed by atoms with E-state index in [4.69, 9.17) is 6.42 Å². The predicted octanol–water partition coefficient (Wildman–Crippen LogP) is 1.94. The summed E-state index contributed by atoms with van der Waals surface area (Å²) >= 11 is 0. The van der Waals surface area contributed by atoms with Crippen LogP contribution in [-0.4, -0.2) is 23.0 Å². The molecule has 1 aliphatic rings. The van der Waals surface area contributed by atoms with Crippen molar-refractivity contribution in [1.82, 2.24) is 5.32 Å². The number of carboxylic acid groups (broad SMARTS) is 1. The topological polar surface area (TPSA) is 66.4 Å². The zero-order chi connectivity index (χ0) is 13.6. The Labute approximate surface area is 108 Å². The fourth-order valence-corrected chi connectivity index (χ4v) is 2.43. The van der Waals surface area contributed by atoms with E-state index < -0.39 is 11.4 Å². The maximum Gasteiger partial charge on any atom is 0.311 e. The maximum atomic E-state index is 11.7. The molecule has 0 spiro atoms. The molecule has 4 heteroatoms. The van der Waals surface area contributed by atoms with Crippen LogP contribution in [0.5, 0.6) is 0 Å². The van der Waals surface area contributed by atoms with Crippen LogP contribution in [0.1, 0.15) is 51.9 Å². The van der Waals surface area contributed by atoms with E-state index in [1.165, 1.54) is 0 Å². The summed E-state index contributed by atoms with van der Waals surface area (Å²) in [6.07, 6.45) is 10.1. The summed E-state index contributed by atoms with van der Waals surface area (Å²) in [5.41, 5.74) is -0.811. The Morgan fingerprint density at radius 1 is 1.50 bits per heavy atom. The SMILES string of the molecule is C#CCCCCC(=O)NC1CCCC1(C)C(=O)O. The number of terminal acetylenes is 1. The van der Waals surface area contributed by atoms with Gasteiger partial charge in [-0.15, -0.1) is 12.3 Å². The Morgan fingerprint density at radius 3 is 2.83 bits per heavy atom. The Hall–Kier alpha value is -1.50. The number of carbonyl (C=O) groups excluding carboxylic acids is 1. The second-order valence-electron chi connectivity index (χ2n) is 5.15. The molecule has 0 bridgehead atoms. The third-order valence-corrected chi connectivity index (χ3v) is 3.76. The lowest BCUT2D eigenvalue weighted by Crippen LogP contribution is -2.46. The van der Waals surface area contributed by atoms with E-state index in [9.17, 15) is 14.7 Å². The molecule has 0 radical (unpaired) electrons. The highest BCUT2D eigenvalue weighted by Gasteiger charge is 2.45. The number of aliphatic carboxylic acids is 1. The van der Waals surface area contributed by atoms with Gasteiger partial charge in [-0.3, -0.25) is 9.59 Å². The largest absolute Gasteiger partial charge is 0.481 e.